The predicted molar refractivity (Wildman–Crippen MR) is 98.8 cm³/mol. The summed E-state index contributed by atoms with van der Waals surface area (Å²) in [4.78, 5) is 26.3. The lowest BCUT2D eigenvalue weighted by Crippen LogP contribution is -2.47. The third-order valence-electron chi connectivity index (χ3n) is 9.72. The van der Waals surface area contributed by atoms with Crippen molar-refractivity contribution in [1.29, 1.82) is 0 Å². The van der Waals surface area contributed by atoms with E-state index in [0.29, 0.717) is 5.92 Å². The first kappa shape index (κ1) is 16.8. The molecule has 0 aromatic heterocycles. The lowest BCUT2D eigenvalue weighted by Gasteiger charge is -2.37. The average molecular weight is 390 g/mol. The molecule has 146 valence electrons. The number of hydrogen-bond acceptors (Lipinski definition) is 4. The van der Waals surface area contributed by atoms with Crippen LogP contribution in [0.4, 0.5) is 0 Å². The molecule has 6 rings (SSSR count). The molecule has 1 heterocycles. The Morgan fingerprint density at radius 2 is 1.93 bits per heavy atom. The zero-order chi connectivity index (χ0) is 18.9. The Morgan fingerprint density at radius 1 is 1.19 bits per heavy atom. The number of sulfonamides is 1. The van der Waals surface area contributed by atoms with Gasteiger partial charge in [0.1, 0.15) is 5.78 Å². The minimum absolute atomic E-state index is 0.0263. The summed E-state index contributed by atoms with van der Waals surface area (Å²) in [6.07, 6.45) is 8.27. The summed E-state index contributed by atoms with van der Waals surface area (Å²) in [5.41, 5.74) is -0.328. The molecule has 5 aliphatic carbocycles. The van der Waals surface area contributed by atoms with Crippen LogP contribution in [-0.2, 0) is 19.6 Å². The quantitative estimate of drug-likeness (QED) is 0.646. The van der Waals surface area contributed by atoms with E-state index >= 15 is 0 Å². The molecule has 6 aliphatic rings. The van der Waals surface area contributed by atoms with E-state index in [1.165, 1.54) is 4.31 Å². The molecule has 1 aliphatic heterocycles. The SMILES string of the molecule is CC1(C)[C@H]2CC[C@@]13CS(=O)(=O)N(C(=O)[C@@H]1CC(=O)[C@H]4[C@@H]1[C@@H]1C=C[C@H]4C1)[C@H]3C2. The minimum atomic E-state index is -3.60. The third kappa shape index (κ3) is 1.72. The van der Waals surface area contributed by atoms with E-state index in [2.05, 4.69) is 26.0 Å². The molecule has 0 radical (unpaired) electrons. The number of amides is 1. The molecule has 4 saturated carbocycles. The van der Waals surface area contributed by atoms with Crippen LogP contribution in [0.25, 0.3) is 0 Å². The fourth-order valence-corrected chi connectivity index (χ4v) is 10.9. The Hall–Kier alpha value is -1.17. The van der Waals surface area contributed by atoms with Crippen molar-refractivity contribution < 1.29 is 18.0 Å². The summed E-state index contributed by atoms with van der Waals surface area (Å²) in [5, 5.41) is 0. The number of ketones is 1. The molecule has 5 nitrogen and oxygen atoms in total. The Kier molecular flexibility index (Phi) is 2.91. The second-order valence-corrected chi connectivity index (χ2v) is 12.4. The van der Waals surface area contributed by atoms with Gasteiger partial charge in [-0.2, -0.15) is 0 Å². The van der Waals surface area contributed by atoms with E-state index < -0.39 is 15.9 Å². The number of nitrogens with zero attached hydrogens (tertiary/aromatic N) is 1. The summed E-state index contributed by atoms with van der Waals surface area (Å²) in [5.74, 6) is 0.608. The van der Waals surface area contributed by atoms with Crippen LogP contribution in [0.1, 0.15) is 46.0 Å². The monoisotopic (exact) mass is 389 g/mol. The van der Waals surface area contributed by atoms with Gasteiger partial charge in [0.15, 0.2) is 0 Å². The molecule has 0 N–H and O–H groups in total. The van der Waals surface area contributed by atoms with E-state index in [-0.39, 0.29) is 64.4 Å². The van der Waals surface area contributed by atoms with E-state index in [4.69, 9.17) is 0 Å². The largest absolute Gasteiger partial charge is 0.299 e. The number of hydrogen-bond donors (Lipinski definition) is 0. The zero-order valence-electron chi connectivity index (χ0n) is 15.9. The van der Waals surface area contributed by atoms with Crippen LogP contribution in [-0.4, -0.2) is 36.2 Å². The summed E-state index contributed by atoms with van der Waals surface area (Å²) in [7, 11) is -3.60. The maximum atomic E-state index is 13.6. The van der Waals surface area contributed by atoms with Crippen LogP contribution in [0.15, 0.2) is 12.2 Å². The van der Waals surface area contributed by atoms with Gasteiger partial charge in [0, 0.05) is 17.8 Å². The van der Waals surface area contributed by atoms with Crippen LogP contribution in [0.2, 0.25) is 0 Å². The number of rotatable bonds is 1. The van der Waals surface area contributed by atoms with Crippen molar-refractivity contribution in [2.24, 2.45) is 46.3 Å². The molecule has 1 spiro atoms. The second-order valence-electron chi connectivity index (χ2n) is 10.6. The van der Waals surface area contributed by atoms with Crippen LogP contribution >= 0.6 is 0 Å². The van der Waals surface area contributed by atoms with Gasteiger partial charge in [-0.15, -0.1) is 0 Å². The highest BCUT2D eigenvalue weighted by atomic mass is 32.2. The van der Waals surface area contributed by atoms with Crippen LogP contribution in [0.3, 0.4) is 0 Å². The molecule has 1 saturated heterocycles. The van der Waals surface area contributed by atoms with Gasteiger partial charge in [0.05, 0.1) is 17.7 Å². The summed E-state index contributed by atoms with van der Waals surface area (Å²) in [6.45, 7) is 4.40. The Bertz CT molecular complexity index is 905. The minimum Gasteiger partial charge on any atom is -0.299 e. The van der Waals surface area contributed by atoms with E-state index in [0.717, 1.165) is 25.7 Å². The number of carbonyl (C=O) groups excluding carboxylic acids is 2. The van der Waals surface area contributed by atoms with E-state index in [9.17, 15) is 18.0 Å². The van der Waals surface area contributed by atoms with Gasteiger partial charge in [-0.05, 0) is 54.8 Å². The normalized spacial score (nSPS) is 52.6. The molecule has 0 aromatic rings. The van der Waals surface area contributed by atoms with Crippen molar-refractivity contribution in [3.8, 4) is 0 Å². The highest BCUT2D eigenvalue weighted by Crippen LogP contribution is 2.70. The third-order valence-corrected chi connectivity index (χ3v) is 11.6. The van der Waals surface area contributed by atoms with Crippen molar-refractivity contribution in [2.45, 2.75) is 52.0 Å². The van der Waals surface area contributed by atoms with Gasteiger partial charge in [-0.25, -0.2) is 12.7 Å². The lowest BCUT2D eigenvalue weighted by molar-refractivity contribution is -0.135. The number of allylic oxidation sites excluding steroid dienone is 2. The highest BCUT2D eigenvalue weighted by molar-refractivity contribution is 7.90. The van der Waals surface area contributed by atoms with Gasteiger partial charge in [-0.3, -0.25) is 9.59 Å². The van der Waals surface area contributed by atoms with Gasteiger partial charge in [-0.1, -0.05) is 26.0 Å². The topological polar surface area (TPSA) is 71.5 Å². The fourth-order valence-electron chi connectivity index (χ4n) is 8.35. The summed E-state index contributed by atoms with van der Waals surface area (Å²) < 4.78 is 27.7. The first-order chi connectivity index (χ1) is 12.7. The van der Waals surface area contributed by atoms with Crippen molar-refractivity contribution in [2.75, 3.05) is 5.75 Å². The number of Topliss-reactive ketones (excluding diaryl/α,β-unsaturated/α-hetero) is 1. The van der Waals surface area contributed by atoms with Gasteiger partial charge in [0.25, 0.3) is 0 Å². The molecular weight excluding hydrogens is 362 g/mol. The number of fused-ring (bicyclic) bond motifs is 6. The smallest absolute Gasteiger partial charge is 0.240 e. The zero-order valence-corrected chi connectivity index (χ0v) is 16.7. The lowest BCUT2D eigenvalue weighted by atomic mass is 9.69. The van der Waals surface area contributed by atoms with Gasteiger partial charge < -0.3 is 0 Å². The van der Waals surface area contributed by atoms with E-state index in [1.54, 1.807) is 0 Å². The van der Waals surface area contributed by atoms with Crippen molar-refractivity contribution in [1.82, 2.24) is 4.31 Å². The molecule has 6 heteroatoms. The summed E-state index contributed by atoms with van der Waals surface area (Å²) >= 11 is 0. The maximum absolute atomic E-state index is 13.6. The Morgan fingerprint density at radius 3 is 2.67 bits per heavy atom. The van der Waals surface area contributed by atoms with Crippen LogP contribution in [0.5, 0.6) is 0 Å². The van der Waals surface area contributed by atoms with Crippen molar-refractivity contribution >= 4 is 21.7 Å². The molecule has 8 atom stereocenters. The maximum Gasteiger partial charge on any atom is 0.240 e. The molecule has 1 amide bonds. The van der Waals surface area contributed by atoms with Crippen LogP contribution in [0, 0.1) is 46.3 Å². The molecular formula is C21H27NO4S. The van der Waals surface area contributed by atoms with E-state index in [1.807, 2.05) is 0 Å². The molecule has 5 fully saturated rings. The standard InChI is InChI=1S/C21H27NO4S/c1-20(2)13-5-6-21(20)10-27(25,26)22(16(21)8-13)19(24)14-9-15(23)18-12-4-3-11(7-12)17(14)18/h3-4,11-14,16-18H,5-10H2,1-2H3/t11-,12+,13+,14-,16+,17-,18+,21+/m1/s1. The second kappa shape index (κ2) is 4.69. The molecule has 0 unspecified atom stereocenters. The fraction of sp³-hybridized carbons (Fsp3) is 0.810. The average Bonchev–Trinajstić information content (AvgIpc) is 3.36. The predicted octanol–water partition coefficient (Wildman–Crippen LogP) is 2.38. The highest BCUT2D eigenvalue weighted by Gasteiger charge is 2.73. The first-order valence-electron chi connectivity index (χ1n) is 10.4. The molecule has 0 aromatic carbocycles. The molecule has 4 bridgehead atoms. The van der Waals surface area contributed by atoms with Gasteiger partial charge in [0.2, 0.25) is 15.9 Å². The Balaban J connectivity index is 1.39. The summed E-state index contributed by atoms with van der Waals surface area (Å²) in [6, 6.07) is -0.188. The van der Waals surface area contributed by atoms with Crippen molar-refractivity contribution in [3.63, 3.8) is 0 Å². The first-order valence-corrected chi connectivity index (χ1v) is 12.1. The Labute approximate surface area is 160 Å². The van der Waals surface area contributed by atoms with Gasteiger partial charge >= 0.3 is 0 Å². The van der Waals surface area contributed by atoms with Crippen molar-refractivity contribution in [3.05, 3.63) is 12.2 Å². The number of carbonyl (C=O) groups is 2. The molecule has 27 heavy (non-hydrogen) atoms. The van der Waals surface area contributed by atoms with Crippen LogP contribution < -0.4 is 0 Å².